The van der Waals surface area contributed by atoms with Crippen molar-refractivity contribution in [2.24, 2.45) is 0 Å². The second-order valence-corrected chi connectivity index (χ2v) is 4.09. The molecule has 1 aromatic carbocycles. The van der Waals surface area contributed by atoms with Gasteiger partial charge in [0, 0.05) is 11.2 Å². The van der Waals surface area contributed by atoms with Crippen LogP contribution in [0.1, 0.15) is 5.56 Å². The zero-order valence-corrected chi connectivity index (χ0v) is 9.67. The molecule has 5 heteroatoms. The molecule has 0 atom stereocenters. The summed E-state index contributed by atoms with van der Waals surface area (Å²) in [7, 11) is 0. The standard InChI is InChI=1S/C12H9ClN4/c13-10-5-2-1-4-9(10)8-17-12-11(15-16-17)6-3-7-14-12/h1-7H,8H2. The number of nitrogens with zero attached hydrogens (tertiary/aromatic N) is 4. The Morgan fingerprint density at radius 3 is 2.88 bits per heavy atom. The third-order valence-corrected chi connectivity index (χ3v) is 2.92. The topological polar surface area (TPSA) is 43.6 Å². The van der Waals surface area contributed by atoms with Gasteiger partial charge in [0.2, 0.25) is 0 Å². The molecule has 0 aliphatic carbocycles. The average molecular weight is 245 g/mol. The summed E-state index contributed by atoms with van der Waals surface area (Å²) in [5.74, 6) is 0. The molecule has 2 aromatic heterocycles. The molecular formula is C12H9ClN4. The first-order valence-electron chi connectivity index (χ1n) is 5.22. The molecule has 0 N–H and O–H groups in total. The molecule has 84 valence electrons. The van der Waals surface area contributed by atoms with Gasteiger partial charge in [0.15, 0.2) is 5.65 Å². The quantitative estimate of drug-likeness (QED) is 0.696. The Morgan fingerprint density at radius 2 is 2.00 bits per heavy atom. The number of benzene rings is 1. The minimum Gasteiger partial charge on any atom is -0.235 e. The molecule has 0 spiro atoms. The lowest BCUT2D eigenvalue weighted by Crippen LogP contribution is -2.03. The molecule has 0 fully saturated rings. The molecule has 0 saturated carbocycles. The molecule has 2 heterocycles. The number of rotatable bonds is 2. The lowest BCUT2D eigenvalue weighted by molar-refractivity contribution is 0.664. The molecule has 3 aromatic rings. The maximum atomic E-state index is 6.11. The van der Waals surface area contributed by atoms with Crippen LogP contribution in [0, 0.1) is 0 Å². The van der Waals surface area contributed by atoms with Crippen molar-refractivity contribution in [2.75, 3.05) is 0 Å². The van der Waals surface area contributed by atoms with Crippen molar-refractivity contribution in [3.8, 4) is 0 Å². The van der Waals surface area contributed by atoms with Crippen LogP contribution in [0.15, 0.2) is 42.6 Å². The number of halogens is 1. The molecule has 4 nitrogen and oxygen atoms in total. The molecule has 0 bridgehead atoms. The zero-order valence-electron chi connectivity index (χ0n) is 8.92. The van der Waals surface area contributed by atoms with Crippen LogP contribution in [-0.4, -0.2) is 20.0 Å². The van der Waals surface area contributed by atoms with Crippen molar-refractivity contribution in [3.05, 3.63) is 53.2 Å². The van der Waals surface area contributed by atoms with Crippen LogP contribution in [-0.2, 0) is 6.54 Å². The van der Waals surface area contributed by atoms with E-state index in [1.54, 1.807) is 10.9 Å². The van der Waals surface area contributed by atoms with Crippen molar-refractivity contribution in [1.82, 2.24) is 20.0 Å². The van der Waals surface area contributed by atoms with Crippen molar-refractivity contribution in [2.45, 2.75) is 6.54 Å². The first-order valence-corrected chi connectivity index (χ1v) is 5.60. The summed E-state index contributed by atoms with van der Waals surface area (Å²) in [6, 6.07) is 11.4. The van der Waals surface area contributed by atoms with E-state index in [9.17, 15) is 0 Å². The molecule has 0 unspecified atom stereocenters. The molecule has 0 saturated heterocycles. The van der Waals surface area contributed by atoms with E-state index in [1.807, 2.05) is 36.4 Å². The van der Waals surface area contributed by atoms with Gasteiger partial charge in [0.05, 0.1) is 6.54 Å². The van der Waals surface area contributed by atoms with E-state index < -0.39 is 0 Å². The Morgan fingerprint density at radius 1 is 1.12 bits per heavy atom. The minimum absolute atomic E-state index is 0.577. The molecular weight excluding hydrogens is 236 g/mol. The Hall–Kier alpha value is -1.94. The van der Waals surface area contributed by atoms with Gasteiger partial charge in [-0.25, -0.2) is 9.67 Å². The van der Waals surface area contributed by atoms with E-state index in [4.69, 9.17) is 11.6 Å². The second-order valence-electron chi connectivity index (χ2n) is 3.68. The molecule has 0 radical (unpaired) electrons. The van der Waals surface area contributed by atoms with Crippen LogP contribution in [0.4, 0.5) is 0 Å². The first kappa shape index (κ1) is 10.2. The Balaban J connectivity index is 2.03. The predicted molar refractivity (Wildman–Crippen MR) is 65.9 cm³/mol. The number of fused-ring (bicyclic) bond motifs is 1. The minimum atomic E-state index is 0.577. The Bertz CT molecular complexity index is 662. The monoisotopic (exact) mass is 244 g/mol. The van der Waals surface area contributed by atoms with Gasteiger partial charge in [-0.05, 0) is 23.8 Å². The Labute approximate surface area is 103 Å². The van der Waals surface area contributed by atoms with Crippen LogP contribution in [0.5, 0.6) is 0 Å². The molecule has 0 amide bonds. The summed E-state index contributed by atoms with van der Waals surface area (Å²) < 4.78 is 1.75. The number of aromatic nitrogens is 4. The number of hydrogen-bond donors (Lipinski definition) is 0. The van der Waals surface area contributed by atoms with Gasteiger partial charge >= 0.3 is 0 Å². The van der Waals surface area contributed by atoms with E-state index in [0.29, 0.717) is 6.54 Å². The van der Waals surface area contributed by atoms with Gasteiger partial charge in [0.1, 0.15) is 5.52 Å². The fourth-order valence-electron chi connectivity index (χ4n) is 1.70. The van der Waals surface area contributed by atoms with E-state index in [0.717, 1.165) is 21.7 Å². The van der Waals surface area contributed by atoms with Gasteiger partial charge < -0.3 is 0 Å². The smallest absolute Gasteiger partial charge is 0.178 e. The Kier molecular flexibility index (Phi) is 2.49. The third-order valence-electron chi connectivity index (χ3n) is 2.55. The predicted octanol–water partition coefficient (Wildman–Crippen LogP) is 2.53. The lowest BCUT2D eigenvalue weighted by atomic mass is 10.2. The van der Waals surface area contributed by atoms with Gasteiger partial charge in [-0.1, -0.05) is 35.0 Å². The maximum Gasteiger partial charge on any atom is 0.178 e. The van der Waals surface area contributed by atoms with Crippen molar-refractivity contribution in [1.29, 1.82) is 0 Å². The molecule has 0 aliphatic rings. The highest BCUT2D eigenvalue weighted by atomic mass is 35.5. The SMILES string of the molecule is Clc1ccccc1Cn1nnc2cccnc21. The highest BCUT2D eigenvalue weighted by Gasteiger charge is 2.06. The number of hydrogen-bond acceptors (Lipinski definition) is 3. The van der Waals surface area contributed by atoms with Crippen LogP contribution in [0.25, 0.3) is 11.2 Å². The summed E-state index contributed by atoms with van der Waals surface area (Å²) in [6.07, 6.45) is 1.73. The van der Waals surface area contributed by atoms with E-state index in [1.165, 1.54) is 0 Å². The zero-order chi connectivity index (χ0) is 11.7. The molecule has 3 rings (SSSR count). The van der Waals surface area contributed by atoms with Crippen molar-refractivity contribution < 1.29 is 0 Å². The van der Waals surface area contributed by atoms with Crippen molar-refractivity contribution in [3.63, 3.8) is 0 Å². The summed E-state index contributed by atoms with van der Waals surface area (Å²) in [6.45, 7) is 0.577. The summed E-state index contributed by atoms with van der Waals surface area (Å²) >= 11 is 6.11. The van der Waals surface area contributed by atoms with Crippen LogP contribution < -0.4 is 0 Å². The fourth-order valence-corrected chi connectivity index (χ4v) is 1.90. The summed E-state index contributed by atoms with van der Waals surface area (Å²) in [5, 5.41) is 8.86. The van der Waals surface area contributed by atoms with Crippen molar-refractivity contribution >= 4 is 22.8 Å². The van der Waals surface area contributed by atoms with Crippen LogP contribution in [0.2, 0.25) is 5.02 Å². The van der Waals surface area contributed by atoms with E-state index >= 15 is 0 Å². The first-order chi connectivity index (χ1) is 8.34. The van der Waals surface area contributed by atoms with Crippen LogP contribution >= 0.6 is 11.6 Å². The largest absolute Gasteiger partial charge is 0.235 e. The summed E-state index contributed by atoms with van der Waals surface area (Å²) in [5.41, 5.74) is 2.57. The van der Waals surface area contributed by atoms with E-state index in [2.05, 4.69) is 15.3 Å². The molecule has 0 aliphatic heterocycles. The highest BCUT2D eigenvalue weighted by molar-refractivity contribution is 6.31. The average Bonchev–Trinajstić information content (AvgIpc) is 2.76. The maximum absolute atomic E-state index is 6.11. The molecule has 17 heavy (non-hydrogen) atoms. The lowest BCUT2D eigenvalue weighted by Gasteiger charge is -2.03. The van der Waals surface area contributed by atoms with Gasteiger partial charge in [0.25, 0.3) is 0 Å². The fraction of sp³-hybridized carbons (Fsp3) is 0.0833. The van der Waals surface area contributed by atoms with Gasteiger partial charge in [-0.2, -0.15) is 0 Å². The summed E-state index contributed by atoms with van der Waals surface area (Å²) in [4.78, 5) is 4.26. The third kappa shape index (κ3) is 1.87. The van der Waals surface area contributed by atoms with Gasteiger partial charge in [-0.3, -0.25) is 0 Å². The van der Waals surface area contributed by atoms with Crippen LogP contribution in [0.3, 0.4) is 0 Å². The van der Waals surface area contributed by atoms with Gasteiger partial charge in [-0.15, -0.1) is 5.10 Å². The second kappa shape index (κ2) is 4.14. The highest BCUT2D eigenvalue weighted by Crippen LogP contribution is 2.17. The van der Waals surface area contributed by atoms with E-state index in [-0.39, 0.29) is 0 Å². The normalized spacial score (nSPS) is 10.9. The number of pyridine rings is 1.